The van der Waals surface area contributed by atoms with E-state index in [1.54, 1.807) is 24.3 Å². The van der Waals surface area contributed by atoms with Crippen molar-refractivity contribution in [3.63, 3.8) is 0 Å². The number of phenolic OH excluding ortho intramolecular Hbond substituents is 4. The van der Waals surface area contributed by atoms with Gasteiger partial charge < -0.3 is 20.4 Å². The van der Waals surface area contributed by atoms with Crippen LogP contribution in [0.1, 0.15) is 15.9 Å². The van der Waals surface area contributed by atoms with Gasteiger partial charge >= 0.3 is 0 Å². The molecule has 5 nitrogen and oxygen atoms in total. The number of carbonyl (C=O) groups is 1. The molecule has 0 unspecified atom stereocenters. The van der Waals surface area contributed by atoms with E-state index in [0.29, 0.717) is 11.1 Å². The van der Waals surface area contributed by atoms with Gasteiger partial charge in [-0.2, -0.15) is 0 Å². The molecule has 96 valence electrons. The lowest BCUT2D eigenvalue weighted by molar-refractivity contribution is 0.0988. The predicted molar refractivity (Wildman–Crippen MR) is 66.6 cm³/mol. The first-order valence-corrected chi connectivity index (χ1v) is 5.63. The maximum Gasteiger partial charge on any atom is 0.205 e. The Labute approximate surface area is 108 Å². The van der Waals surface area contributed by atoms with E-state index in [-0.39, 0.29) is 17.5 Å². The summed E-state index contributed by atoms with van der Waals surface area (Å²) in [6.45, 7) is 0. The van der Waals surface area contributed by atoms with Gasteiger partial charge in [0.1, 0.15) is 0 Å². The average molecular weight is 258 g/mol. The highest BCUT2D eigenvalue weighted by Crippen LogP contribution is 2.53. The smallest absolute Gasteiger partial charge is 0.205 e. The van der Waals surface area contributed by atoms with E-state index >= 15 is 0 Å². The van der Waals surface area contributed by atoms with Crippen LogP contribution in [0.25, 0.3) is 11.1 Å². The van der Waals surface area contributed by atoms with Crippen LogP contribution < -0.4 is 0 Å². The van der Waals surface area contributed by atoms with Crippen molar-refractivity contribution in [3.05, 3.63) is 35.4 Å². The summed E-state index contributed by atoms with van der Waals surface area (Å²) < 4.78 is 0. The van der Waals surface area contributed by atoms with Gasteiger partial charge in [0.15, 0.2) is 17.3 Å². The molecule has 0 saturated carbocycles. The van der Waals surface area contributed by atoms with E-state index < -0.39 is 28.8 Å². The number of ketones is 1. The zero-order valence-corrected chi connectivity index (χ0v) is 9.71. The molecule has 0 heterocycles. The first-order valence-electron chi connectivity index (χ1n) is 5.63. The molecule has 0 spiro atoms. The van der Waals surface area contributed by atoms with Crippen molar-refractivity contribution in [2.45, 2.75) is 6.42 Å². The van der Waals surface area contributed by atoms with E-state index in [1.165, 1.54) is 0 Å². The normalized spacial score (nSPS) is 12.9. The zero-order valence-electron chi connectivity index (χ0n) is 9.71. The van der Waals surface area contributed by atoms with Crippen LogP contribution in [-0.2, 0) is 6.42 Å². The van der Waals surface area contributed by atoms with Gasteiger partial charge in [0.25, 0.3) is 0 Å². The molecule has 0 fully saturated rings. The second-order valence-corrected chi connectivity index (χ2v) is 4.40. The van der Waals surface area contributed by atoms with Crippen LogP contribution in [0, 0.1) is 0 Å². The Kier molecular flexibility index (Phi) is 2.19. The largest absolute Gasteiger partial charge is 0.504 e. The predicted octanol–water partition coefficient (Wildman–Crippen LogP) is 1.91. The molecular weight excluding hydrogens is 248 g/mol. The molecule has 3 rings (SSSR count). The van der Waals surface area contributed by atoms with Gasteiger partial charge in [-0.05, 0) is 11.1 Å². The number of hydrogen-bond acceptors (Lipinski definition) is 5. The van der Waals surface area contributed by atoms with Crippen LogP contribution in [0.4, 0.5) is 0 Å². The second kappa shape index (κ2) is 3.65. The highest BCUT2D eigenvalue weighted by atomic mass is 16.3. The van der Waals surface area contributed by atoms with Gasteiger partial charge in [-0.15, -0.1) is 0 Å². The number of carbonyl (C=O) groups excluding carboxylic acids is 1. The van der Waals surface area contributed by atoms with Crippen molar-refractivity contribution in [2.24, 2.45) is 0 Å². The molecule has 1 aliphatic carbocycles. The molecule has 0 aromatic heterocycles. The maximum atomic E-state index is 12.0. The summed E-state index contributed by atoms with van der Waals surface area (Å²) in [5.41, 5.74) is 1.14. The van der Waals surface area contributed by atoms with Crippen molar-refractivity contribution in [1.82, 2.24) is 0 Å². The Hall–Kier alpha value is -2.69. The minimum Gasteiger partial charge on any atom is -0.504 e. The standard InChI is InChI=1S/C14H10O5/c15-8-5-6-3-1-2-4-7(6)9-10(8)12(17)14(19)13(18)11(9)16/h1-4,16-19H,5H2. The molecule has 0 bridgehead atoms. The number of rotatable bonds is 0. The van der Waals surface area contributed by atoms with Gasteiger partial charge in [0.2, 0.25) is 11.5 Å². The quantitative estimate of drug-likeness (QED) is 0.427. The lowest BCUT2D eigenvalue weighted by Gasteiger charge is -2.21. The minimum atomic E-state index is -0.885. The van der Waals surface area contributed by atoms with Gasteiger partial charge in [0, 0.05) is 12.0 Å². The monoisotopic (exact) mass is 258 g/mol. The van der Waals surface area contributed by atoms with Crippen molar-refractivity contribution in [3.8, 4) is 34.1 Å². The zero-order chi connectivity index (χ0) is 13.7. The number of benzene rings is 2. The molecule has 4 N–H and O–H groups in total. The first-order chi connectivity index (χ1) is 9.02. The van der Waals surface area contributed by atoms with Crippen LogP contribution in [0.2, 0.25) is 0 Å². The third kappa shape index (κ3) is 1.38. The molecule has 0 amide bonds. The fourth-order valence-corrected chi connectivity index (χ4v) is 2.41. The molecule has 2 aromatic carbocycles. The molecule has 2 aromatic rings. The third-order valence-corrected chi connectivity index (χ3v) is 3.31. The lowest BCUT2D eigenvalue weighted by Crippen LogP contribution is -2.12. The molecule has 0 radical (unpaired) electrons. The van der Waals surface area contributed by atoms with Crippen LogP contribution in [0.5, 0.6) is 23.0 Å². The van der Waals surface area contributed by atoms with Gasteiger partial charge in [0.05, 0.1) is 5.56 Å². The summed E-state index contributed by atoms with van der Waals surface area (Å²) in [7, 11) is 0. The number of Topliss-reactive ketones (excluding diaryl/α,β-unsaturated/α-hetero) is 1. The molecule has 0 saturated heterocycles. The van der Waals surface area contributed by atoms with Gasteiger partial charge in [-0.3, -0.25) is 4.79 Å². The van der Waals surface area contributed by atoms with Crippen molar-refractivity contribution < 1.29 is 25.2 Å². The second-order valence-electron chi connectivity index (χ2n) is 4.40. The molecule has 5 heteroatoms. The summed E-state index contributed by atoms with van der Waals surface area (Å²) in [6.07, 6.45) is 0.0698. The SMILES string of the molecule is O=C1Cc2ccccc2-c2c(O)c(O)c(O)c(O)c21. The number of hydrogen-bond donors (Lipinski definition) is 4. The maximum absolute atomic E-state index is 12.0. The summed E-state index contributed by atoms with van der Waals surface area (Å²) in [5.74, 6) is -3.45. The number of fused-ring (bicyclic) bond motifs is 3. The Bertz CT molecular complexity index is 718. The van der Waals surface area contributed by atoms with Crippen LogP contribution in [0.15, 0.2) is 24.3 Å². The Morgan fingerprint density at radius 2 is 1.37 bits per heavy atom. The Morgan fingerprint density at radius 1 is 0.789 bits per heavy atom. The molecule has 0 atom stereocenters. The molecular formula is C14H10O5. The lowest BCUT2D eigenvalue weighted by atomic mass is 9.83. The average Bonchev–Trinajstić information content (AvgIpc) is 2.41. The summed E-state index contributed by atoms with van der Waals surface area (Å²) >= 11 is 0. The highest BCUT2D eigenvalue weighted by Gasteiger charge is 2.32. The Balaban J connectivity index is 2.48. The topological polar surface area (TPSA) is 98.0 Å². The van der Waals surface area contributed by atoms with Crippen LogP contribution >= 0.6 is 0 Å². The summed E-state index contributed by atoms with van der Waals surface area (Å²) in [6, 6.07) is 6.89. The van der Waals surface area contributed by atoms with E-state index in [2.05, 4.69) is 0 Å². The summed E-state index contributed by atoms with van der Waals surface area (Å²) in [5, 5.41) is 38.8. The van der Waals surface area contributed by atoms with E-state index in [4.69, 9.17) is 0 Å². The van der Waals surface area contributed by atoms with Gasteiger partial charge in [-0.25, -0.2) is 0 Å². The van der Waals surface area contributed by atoms with Crippen molar-refractivity contribution in [2.75, 3.05) is 0 Å². The first kappa shape index (κ1) is 11.4. The fraction of sp³-hybridized carbons (Fsp3) is 0.0714. The third-order valence-electron chi connectivity index (χ3n) is 3.31. The van der Waals surface area contributed by atoms with E-state index in [9.17, 15) is 25.2 Å². The molecule has 19 heavy (non-hydrogen) atoms. The summed E-state index contributed by atoms with van der Waals surface area (Å²) in [4.78, 5) is 12.0. The molecule has 1 aliphatic rings. The van der Waals surface area contributed by atoms with E-state index in [0.717, 1.165) is 0 Å². The number of phenols is 4. The number of aromatic hydroxyl groups is 4. The van der Waals surface area contributed by atoms with Crippen LogP contribution in [0.3, 0.4) is 0 Å². The Morgan fingerprint density at radius 3 is 2.05 bits per heavy atom. The van der Waals surface area contributed by atoms with E-state index in [1.807, 2.05) is 0 Å². The van der Waals surface area contributed by atoms with Crippen molar-refractivity contribution in [1.29, 1.82) is 0 Å². The highest BCUT2D eigenvalue weighted by molar-refractivity contribution is 6.12. The van der Waals surface area contributed by atoms with Crippen LogP contribution in [-0.4, -0.2) is 26.2 Å². The van der Waals surface area contributed by atoms with Crippen molar-refractivity contribution >= 4 is 5.78 Å². The minimum absolute atomic E-state index is 0.0552. The fourth-order valence-electron chi connectivity index (χ4n) is 2.41. The van der Waals surface area contributed by atoms with Gasteiger partial charge in [-0.1, -0.05) is 24.3 Å². The molecule has 0 aliphatic heterocycles.